The fourth-order valence-electron chi connectivity index (χ4n) is 5.23. The summed E-state index contributed by atoms with van der Waals surface area (Å²) < 4.78 is 2.22. The van der Waals surface area contributed by atoms with Crippen LogP contribution in [0.5, 0.6) is 0 Å². The topological polar surface area (TPSA) is 73.3 Å². The highest BCUT2D eigenvalue weighted by atomic mass is 16.5. The van der Waals surface area contributed by atoms with Gasteiger partial charge >= 0.3 is 0 Å². The average Bonchev–Trinajstić information content (AvgIpc) is 3.60. The first-order valence-corrected chi connectivity index (χ1v) is 11.8. The van der Waals surface area contributed by atoms with Gasteiger partial charge in [0.15, 0.2) is 0 Å². The Labute approximate surface area is 199 Å². The van der Waals surface area contributed by atoms with Crippen LogP contribution >= 0.6 is 0 Å². The molecule has 0 saturated carbocycles. The molecule has 174 valence electrons. The van der Waals surface area contributed by atoms with E-state index in [4.69, 9.17) is 5.21 Å². The van der Waals surface area contributed by atoms with E-state index in [0.29, 0.717) is 6.04 Å². The van der Waals surface area contributed by atoms with E-state index in [1.165, 1.54) is 39.4 Å². The lowest BCUT2D eigenvalue weighted by atomic mass is 10.0. The second kappa shape index (κ2) is 9.71. The first-order chi connectivity index (χ1) is 16.6. The van der Waals surface area contributed by atoms with Gasteiger partial charge in [0.2, 0.25) is 0 Å². The summed E-state index contributed by atoms with van der Waals surface area (Å²) in [4.78, 5) is 17.3. The Bertz CT molecular complexity index is 1320. The van der Waals surface area contributed by atoms with E-state index >= 15 is 0 Å². The van der Waals surface area contributed by atoms with Gasteiger partial charge in [-0.15, -0.1) is 0 Å². The Balaban J connectivity index is 1.39. The van der Waals surface area contributed by atoms with Crippen molar-refractivity contribution in [2.24, 2.45) is 7.05 Å². The van der Waals surface area contributed by atoms with Crippen molar-refractivity contribution in [3.63, 3.8) is 0 Å². The third-order valence-electron chi connectivity index (χ3n) is 6.87. The highest BCUT2D eigenvalue weighted by molar-refractivity contribution is 5.90. The summed E-state index contributed by atoms with van der Waals surface area (Å²) >= 11 is 0. The monoisotopic (exact) mass is 454 g/mol. The Morgan fingerprint density at radius 2 is 2.12 bits per heavy atom. The molecule has 2 aromatic carbocycles. The van der Waals surface area contributed by atoms with Crippen molar-refractivity contribution in [1.82, 2.24) is 19.9 Å². The van der Waals surface area contributed by atoms with Gasteiger partial charge in [0.25, 0.3) is 5.91 Å². The molecule has 3 N–H and O–H groups in total. The lowest BCUT2D eigenvalue weighted by Gasteiger charge is -2.29. The van der Waals surface area contributed by atoms with Gasteiger partial charge in [0.1, 0.15) is 0 Å². The van der Waals surface area contributed by atoms with Gasteiger partial charge in [-0.3, -0.25) is 14.9 Å². The predicted molar refractivity (Wildman–Crippen MR) is 134 cm³/mol. The van der Waals surface area contributed by atoms with Crippen molar-refractivity contribution in [1.29, 1.82) is 0 Å². The quantitative estimate of drug-likeness (QED) is 0.204. The van der Waals surface area contributed by atoms with Crippen LogP contribution in [0.3, 0.4) is 0 Å². The molecule has 6 nitrogen and oxygen atoms in total. The molecule has 0 aliphatic heterocycles. The number of H-pyrrole nitrogens is 1. The van der Waals surface area contributed by atoms with Gasteiger partial charge in [0.05, 0.1) is 0 Å². The standard InChI is InChI=1S/C28H30N4O2/c1-31-18-22(24-6-2-3-7-26(24)31)14-16-32(19-23-5-4-15-29-23)27-12-10-21-17-20(8-11-25(21)27)9-13-28(33)30-34/h2-9,11,13,15,17-18,27,29,34H,10,12,14,16,19H2,1H3,(H,30,33). The van der Waals surface area contributed by atoms with E-state index in [9.17, 15) is 4.79 Å². The number of nitrogens with one attached hydrogen (secondary N) is 2. The number of carbonyl (C=O) groups excluding carboxylic acids is 1. The van der Waals surface area contributed by atoms with Gasteiger partial charge < -0.3 is 9.55 Å². The number of hydroxylamine groups is 1. The normalized spacial score (nSPS) is 15.4. The molecule has 0 saturated heterocycles. The highest BCUT2D eigenvalue weighted by Crippen LogP contribution is 2.37. The molecular formula is C28H30N4O2. The second-order valence-electron chi connectivity index (χ2n) is 9.02. The smallest absolute Gasteiger partial charge is 0.267 e. The molecule has 5 rings (SSSR count). The van der Waals surface area contributed by atoms with Crippen LogP contribution in [0.15, 0.2) is 73.1 Å². The number of fused-ring (bicyclic) bond motifs is 2. The van der Waals surface area contributed by atoms with E-state index in [0.717, 1.165) is 37.9 Å². The zero-order valence-electron chi connectivity index (χ0n) is 19.4. The second-order valence-corrected chi connectivity index (χ2v) is 9.02. The summed E-state index contributed by atoms with van der Waals surface area (Å²) in [6, 6.07) is 19.6. The van der Waals surface area contributed by atoms with Gasteiger partial charge in [-0.2, -0.15) is 0 Å². The summed E-state index contributed by atoms with van der Waals surface area (Å²) in [7, 11) is 2.12. The lowest BCUT2D eigenvalue weighted by molar-refractivity contribution is -0.124. The lowest BCUT2D eigenvalue weighted by Crippen LogP contribution is -2.29. The molecule has 1 aliphatic rings. The molecule has 4 aromatic rings. The third-order valence-corrected chi connectivity index (χ3v) is 6.87. The van der Waals surface area contributed by atoms with Crippen molar-refractivity contribution in [3.05, 3.63) is 101 Å². The van der Waals surface area contributed by atoms with Crippen molar-refractivity contribution in [2.45, 2.75) is 31.8 Å². The van der Waals surface area contributed by atoms with E-state index in [1.807, 2.05) is 6.20 Å². The Kier molecular flexibility index (Phi) is 6.34. The van der Waals surface area contributed by atoms with Crippen LogP contribution < -0.4 is 5.48 Å². The molecule has 0 fully saturated rings. The molecule has 6 heteroatoms. The fraction of sp³-hybridized carbons (Fsp3) is 0.250. The summed E-state index contributed by atoms with van der Waals surface area (Å²) in [5, 5.41) is 10.0. The van der Waals surface area contributed by atoms with Crippen LogP contribution in [0.25, 0.3) is 17.0 Å². The molecule has 0 spiro atoms. The van der Waals surface area contributed by atoms with Crippen LogP contribution in [0.4, 0.5) is 0 Å². The Morgan fingerprint density at radius 3 is 2.94 bits per heavy atom. The molecule has 1 unspecified atom stereocenters. The molecule has 1 atom stereocenters. The van der Waals surface area contributed by atoms with E-state index in [2.05, 4.69) is 82.3 Å². The zero-order chi connectivity index (χ0) is 23.5. The molecule has 2 heterocycles. The first-order valence-electron chi connectivity index (χ1n) is 11.8. The van der Waals surface area contributed by atoms with Crippen molar-refractivity contribution in [2.75, 3.05) is 6.54 Å². The van der Waals surface area contributed by atoms with E-state index < -0.39 is 5.91 Å². The van der Waals surface area contributed by atoms with Crippen LogP contribution in [0, 0.1) is 0 Å². The molecule has 2 aromatic heterocycles. The van der Waals surface area contributed by atoms with Crippen molar-refractivity contribution < 1.29 is 10.0 Å². The van der Waals surface area contributed by atoms with E-state index in [-0.39, 0.29) is 0 Å². The minimum Gasteiger partial charge on any atom is -0.364 e. The van der Waals surface area contributed by atoms with Gasteiger partial charge in [-0.1, -0.05) is 36.4 Å². The van der Waals surface area contributed by atoms with Crippen LogP contribution in [-0.4, -0.2) is 32.1 Å². The van der Waals surface area contributed by atoms with Gasteiger partial charge in [0, 0.05) is 61.2 Å². The van der Waals surface area contributed by atoms with E-state index in [1.54, 1.807) is 11.6 Å². The number of hydrogen-bond donors (Lipinski definition) is 3. The predicted octanol–water partition coefficient (Wildman–Crippen LogP) is 4.76. The number of para-hydroxylation sites is 1. The SMILES string of the molecule is Cn1cc(CCN(Cc2ccc[nH]2)C2CCc3cc(C=CC(=O)NO)ccc32)c2ccccc21. The highest BCUT2D eigenvalue weighted by Gasteiger charge is 2.28. The molecule has 1 amide bonds. The number of rotatable bonds is 8. The van der Waals surface area contributed by atoms with Crippen molar-refractivity contribution >= 4 is 22.9 Å². The fourth-order valence-corrected chi connectivity index (χ4v) is 5.23. The maximum absolute atomic E-state index is 11.3. The first kappa shape index (κ1) is 22.2. The number of amides is 1. The number of nitrogens with zero attached hydrogens (tertiary/aromatic N) is 2. The number of aryl methyl sites for hydroxylation is 2. The minimum atomic E-state index is -0.524. The van der Waals surface area contributed by atoms with Crippen LogP contribution in [0.1, 0.15) is 40.4 Å². The van der Waals surface area contributed by atoms with Crippen LogP contribution in [-0.2, 0) is 31.2 Å². The number of aromatic amines is 1. The summed E-state index contributed by atoms with van der Waals surface area (Å²) in [5.74, 6) is -0.524. The molecule has 1 aliphatic carbocycles. The number of hydrogen-bond acceptors (Lipinski definition) is 3. The average molecular weight is 455 g/mol. The maximum atomic E-state index is 11.3. The van der Waals surface area contributed by atoms with Gasteiger partial charge in [-0.25, -0.2) is 5.48 Å². The molecule has 34 heavy (non-hydrogen) atoms. The molecule has 0 bridgehead atoms. The van der Waals surface area contributed by atoms with Crippen LogP contribution in [0.2, 0.25) is 0 Å². The summed E-state index contributed by atoms with van der Waals surface area (Å²) in [6.45, 7) is 1.84. The summed E-state index contributed by atoms with van der Waals surface area (Å²) in [5.41, 5.74) is 9.18. The maximum Gasteiger partial charge on any atom is 0.267 e. The number of aromatic nitrogens is 2. The number of carbonyl (C=O) groups is 1. The molecule has 0 radical (unpaired) electrons. The Hall–Kier alpha value is -3.61. The third kappa shape index (κ3) is 4.55. The zero-order valence-corrected chi connectivity index (χ0v) is 19.4. The largest absolute Gasteiger partial charge is 0.364 e. The van der Waals surface area contributed by atoms with Gasteiger partial charge in [-0.05, 0) is 65.8 Å². The summed E-state index contributed by atoms with van der Waals surface area (Å²) in [6.07, 6.45) is 10.4. The minimum absolute atomic E-state index is 0.354. The Morgan fingerprint density at radius 1 is 1.24 bits per heavy atom. The number of benzene rings is 2. The molecular weight excluding hydrogens is 424 g/mol. The van der Waals surface area contributed by atoms with Crippen molar-refractivity contribution in [3.8, 4) is 0 Å².